The van der Waals surface area contributed by atoms with Crippen molar-refractivity contribution in [1.82, 2.24) is 10.2 Å². The molecule has 1 fully saturated rings. The van der Waals surface area contributed by atoms with Crippen molar-refractivity contribution in [1.29, 1.82) is 5.41 Å². The zero-order valence-electron chi connectivity index (χ0n) is 11.1. The third-order valence-electron chi connectivity index (χ3n) is 3.19. The van der Waals surface area contributed by atoms with E-state index < -0.39 is 5.54 Å². The Hall–Kier alpha value is -1.10. The van der Waals surface area contributed by atoms with Crippen LogP contribution in [0.3, 0.4) is 0 Å². The summed E-state index contributed by atoms with van der Waals surface area (Å²) in [5.74, 6) is 0.384. The average Bonchev–Trinajstić information content (AvgIpc) is 2.42. The van der Waals surface area contributed by atoms with Crippen LogP contribution in [0.5, 0.6) is 0 Å². The lowest BCUT2D eigenvalue weighted by molar-refractivity contribution is -0.133. The lowest BCUT2D eigenvalue weighted by Crippen LogP contribution is -2.47. The van der Waals surface area contributed by atoms with E-state index in [0.29, 0.717) is 18.8 Å². The Morgan fingerprint density at radius 1 is 1.53 bits per heavy atom. The highest BCUT2D eigenvalue weighted by Crippen LogP contribution is 2.26. The van der Waals surface area contributed by atoms with Crippen LogP contribution in [-0.2, 0) is 4.79 Å². The first-order chi connectivity index (χ1) is 7.85. The summed E-state index contributed by atoms with van der Waals surface area (Å²) in [4.78, 5) is 13.7. The Morgan fingerprint density at radius 3 is 2.53 bits per heavy atom. The van der Waals surface area contributed by atoms with Crippen LogP contribution in [0.1, 0.15) is 40.5 Å². The summed E-state index contributed by atoms with van der Waals surface area (Å²) in [5, 5.41) is 20.1. The topological polar surface area (TPSA) is 76.4 Å². The van der Waals surface area contributed by atoms with Gasteiger partial charge in [0.1, 0.15) is 5.54 Å². The molecule has 1 heterocycles. The Morgan fingerprint density at radius 2 is 2.12 bits per heavy atom. The molecule has 1 saturated heterocycles. The number of aliphatic hydroxyl groups excluding tert-OH is 1. The summed E-state index contributed by atoms with van der Waals surface area (Å²) in [7, 11) is 0. The van der Waals surface area contributed by atoms with Crippen LogP contribution >= 0.6 is 0 Å². The van der Waals surface area contributed by atoms with Gasteiger partial charge in [-0.1, -0.05) is 20.8 Å². The van der Waals surface area contributed by atoms with Crippen LogP contribution in [-0.4, -0.2) is 40.1 Å². The predicted molar refractivity (Wildman–Crippen MR) is 66.7 cm³/mol. The van der Waals surface area contributed by atoms with Gasteiger partial charge in [0.15, 0.2) is 5.96 Å². The fraction of sp³-hybridized carbons (Fsp3) is 0.833. The molecule has 5 nitrogen and oxygen atoms in total. The molecule has 0 aromatic rings. The minimum atomic E-state index is -0.701. The highest BCUT2D eigenvalue weighted by Gasteiger charge is 2.47. The molecule has 0 aromatic heterocycles. The minimum Gasteiger partial charge on any atom is -0.394 e. The van der Waals surface area contributed by atoms with Crippen molar-refractivity contribution in [3.05, 3.63) is 0 Å². The maximum atomic E-state index is 12.3. The summed E-state index contributed by atoms with van der Waals surface area (Å²) in [5.41, 5.74) is -0.701. The smallest absolute Gasteiger partial charge is 0.255 e. The molecule has 0 bridgehead atoms. The second-order valence-electron chi connectivity index (χ2n) is 5.32. The molecule has 0 radical (unpaired) electrons. The Kier molecular flexibility index (Phi) is 4.14. The van der Waals surface area contributed by atoms with Gasteiger partial charge in [-0.05, 0) is 25.7 Å². The van der Waals surface area contributed by atoms with E-state index in [2.05, 4.69) is 19.2 Å². The summed E-state index contributed by atoms with van der Waals surface area (Å²) in [6.45, 7) is 7.73. The minimum absolute atomic E-state index is 0.0999. The highest BCUT2D eigenvalue weighted by atomic mass is 16.3. The summed E-state index contributed by atoms with van der Waals surface area (Å²) >= 11 is 0. The van der Waals surface area contributed by atoms with Crippen LogP contribution in [0.2, 0.25) is 0 Å². The SMILES string of the molecule is CCC(CO)N1C(=N)NC(C)(CC(C)C)C1=O. The third kappa shape index (κ3) is 2.60. The molecular formula is C12H23N3O2. The van der Waals surface area contributed by atoms with E-state index in [1.165, 1.54) is 4.90 Å². The van der Waals surface area contributed by atoms with Gasteiger partial charge in [-0.2, -0.15) is 0 Å². The summed E-state index contributed by atoms with van der Waals surface area (Å²) in [6.07, 6.45) is 1.33. The fourth-order valence-corrected chi connectivity index (χ4v) is 2.44. The molecule has 98 valence electrons. The summed E-state index contributed by atoms with van der Waals surface area (Å²) < 4.78 is 0. The predicted octanol–water partition coefficient (Wildman–Crippen LogP) is 0.929. The number of carbonyl (C=O) groups is 1. The van der Waals surface area contributed by atoms with Gasteiger partial charge in [-0.3, -0.25) is 15.1 Å². The monoisotopic (exact) mass is 241 g/mol. The second kappa shape index (κ2) is 5.04. The highest BCUT2D eigenvalue weighted by molar-refractivity contribution is 6.07. The van der Waals surface area contributed by atoms with Gasteiger partial charge in [0, 0.05) is 0 Å². The van der Waals surface area contributed by atoms with Gasteiger partial charge in [0.25, 0.3) is 5.91 Å². The second-order valence-corrected chi connectivity index (χ2v) is 5.32. The van der Waals surface area contributed by atoms with E-state index in [4.69, 9.17) is 5.41 Å². The molecule has 2 unspecified atom stereocenters. The molecule has 0 aromatic carbocycles. The standard InChI is InChI=1S/C12H23N3O2/c1-5-9(7-16)15-10(17)12(4,6-8(2)3)14-11(15)13/h8-9,16H,5-7H2,1-4H3,(H2,13,14). The number of carbonyl (C=O) groups excluding carboxylic acids is 1. The molecule has 0 saturated carbocycles. The van der Waals surface area contributed by atoms with E-state index in [9.17, 15) is 9.90 Å². The number of hydrogen-bond acceptors (Lipinski definition) is 3. The van der Waals surface area contributed by atoms with Gasteiger partial charge in [0.2, 0.25) is 0 Å². The Labute approximate surface area is 103 Å². The number of guanidine groups is 1. The lowest BCUT2D eigenvalue weighted by Gasteiger charge is -2.26. The van der Waals surface area contributed by atoms with Gasteiger partial charge in [-0.25, -0.2) is 0 Å². The molecular weight excluding hydrogens is 218 g/mol. The van der Waals surface area contributed by atoms with E-state index >= 15 is 0 Å². The van der Waals surface area contributed by atoms with Crippen LogP contribution in [0.25, 0.3) is 0 Å². The number of amides is 1. The van der Waals surface area contributed by atoms with Crippen LogP contribution in [0.4, 0.5) is 0 Å². The molecule has 5 heteroatoms. The first-order valence-corrected chi connectivity index (χ1v) is 6.17. The number of rotatable bonds is 5. The van der Waals surface area contributed by atoms with Crippen LogP contribution in [0, 0.1) is 11.3 Å². The van der Waals surface area contributed by atoms with Crippen molar-refractivity contribution in [3.63, 3.8) is 0 Å². The van der Waals surface area contributed by atoms with E-state index in [1.807, 2.05) is 13.8 Å². The lowest BCUT2D eigenvalue weighted by atomic mass is 9.90. The van der Waals surface area contributed by atoms with Crippen molar-refractivity contribution >= 4 is 11.9 Å². The molecule has 2 atom stereocenters. The van der Waals surface area contributed by atoms with Crippen molar-refractivity contribution in [2.24, 2.45) is 5.92 Å². The molecule has 3 N–H and O–H groups in total. The van der Waals surface area contributed by atoms with Gasteiger partial charge < -0.3 is 10.4 Å². The number of nitrogens with one attached hydrogen (secondary N) is 2. The molecule has 0 spiro atoms. The van der Waals surface area contributed by atoms with Crippen LogP contribution in [0.15, 0.2) is 0 Å². The molecule has 1 aliphatic rings. The fourth-order valence-electron chi connectivity index (χ4n) is 2.44. The van der Waals surface area contributed by atoms with Crippen LogP contribution < -0.4 is 5.32 Å². The third-order valence-corrected chi connectivity index (χ3v) is 3.19. The Balaban J connectivity index is 2.91. The molecule has 0 aliphatic carbocycles. The number of nitrogens with zero attached hydrogens (tertiary/aromatic N) is 1. The number of aliphatic hydroxyl groups is 1. The first kappa shape index (κ1) is 14.0. The van der Waals surface area contributed by atoms with Crippen molar-refractivity contribution < 1.29 is 9.90 Å². The zero-order valence-corrected chi connectivity index (χ0v) is 11.1. The summed E-state index contributed by atoms with van der Waals surface area (Å²) in [6, 6.07) is -0.295. The maximum Gasteiger partial charge on any atom is 0.255 e. The zero-order chi connectivity index (χ0) is 13.2. The quantitative estimate of drug-likeness (QED) is 0.670. The van der Waals surface area contributed by atoms with Gasteiger partial charge in [-0.15, -0.1) is 0 Å². The first-order valence-electron chi connectivity index (χ1n) is 6.17. The molecule has 1 rings (SSSR count). The maximum absolute atomic E-state index is 12.3. The van der Waals surface area contributed by atoms with Gasteiger partial charge >= 0.3 is 0 Å². The van der Waals surface area contributed by atoms with Gasteiger partial charge in [0.05, 0.1) is 12.6 Å². The van der Waals surface area contributed by atoms with Crippen molar-refractivity contribution in [2.75, 3.05) is 6.61 Å². The largest absolute Gasteiger partial charge is 0.394 e. The molecule has 1 aliphatic heterocycles. The van der Waals surface area contributed by atoms with Crippen molar-refractivity contribution in [3.8, 4) is 0 Å². The van der Waals surface area contributed by atoms with E-state index in [1.54, 1.807) is 0 Å². The molecule has 17 heavy (non-hydrogen) atoms. The Bertz CT molecular complexity index is 313. The average molecular weight is 241 g/mol. The van der Waals surface area contributed by atoms with E-state index in [0.717, 1.165) is 0 Å². The van der Waals surface area contributed by atoms with E-state index in [-0.39, 0.29) is 24.5 Å². The normalized spacial score (nSPS) is 26.6. The number of hydrogen-bond donors (Lipinski definition) is 3. The van der Waals surface area contributed by atoms with Crippen molar-refractivity contribution in [2.45, 2.75) is 52.1 Å². The molecule has 1 amide bonds.